The summed E-state index contributed by atoms with van der Waals surface area (Å²) in [5.41, 5.74) is 2.27. The summed E-state index contributed by atoms with van der Waals surface area (Å²) in [6.07, 6.45) is 4.40. The largest absolute Gasteiger partial charge is 0.507 e. The van der Waals surface area contributed by atoms with E-state index in [1.54, 1.807) is 45.1 Å². The summed E-state index contributed by atoms with van der Waals surface area (Å²) in [5, 5.41) is 20.7. The monoisotopic (exact) mass is 342 g/mol. The minimum atomic E-state index is -0.670. The third-order valence-electron chi connectivity index (χ3n) is 3.56. The summed E-state index contributed by atoms with van der Waals surface area (Å²) in [6.45, 7) is 5.38. The topological polar surface area (TPSA) is 103 Å². The number of nitro groups is 1. The van der Waals surface area contributed by atoms with Crippen LogP contribution in [0.5, 0.6) is 5.75 Å². The van der Waals surface area contributed by atoms with Gasteiger partial charge in [-0.15, -0.1) is 0 Å². The summed E-state index contributed by atoms with van der Waals surface area (Å²) < 4.78 is 4.94. The van der Waals surface area contributed by atoms with E-state index in [1.165, 1.54) is 0 Å². The molecule has 2 aromatic rings. The van der Waals surface area contributed by atoms with Gasteiger partial charge in [0.25, 0.3) is 5.69 Å². The predicted octanol–water partition coefficient (Wildman–Crippen LogP) is 3.66. The lowest BCUT2D eigenvalue weighted by Crippen LogP contribution is -2.08. The lowest BCUT2D eigenvalue weighted by Gasteiger charge is -2.06. The van der Waals surface area contributed by atoms with Crippen molar-refractivity contribution in [2.45, 2.75) is 20.8 Å². The average molecular weight is 342 g/mol. The van der Waals surface area contributed by atoms with Crippen LogP contribution in [0.15, 0.2) is 24.4 Å². The van der Waals surface area contributed by atoms with Crippen LogP contribution in [0, 0.1) is 24.0 Å². The van der Waals surface area contributed by atoms with Gasteiger partial charge >= 0.3 is 5.97 Å². The van der Waals surface area contributed by atoms with Crippen LogP contribution in [0.2, 0.25) is 0 Å². The van der Waals surface area contributed by atoms with Gasteiger partial charge in [-0.05, 0) is 55.7 Å². The first kappa shape index (κ1) is 18.1. The number of hydrogen-bond acceptors (Lipinski definition) is 6. The van der Waals surface area contributed by atoms with E-state index in [-0.39, 0.29) is 29.3 Å². The normalized spacial score (nSPS) is 10.8. The van der Waals surface area contributed by atoms with E-state index < -0.39 is 10.9 Å². The maximum atomic E-state index is 12.1. The lowest BCUT2D eigenvalue weighted by atomic mass is 10.0. The zero-order valence-electron chi connectivity index (χ0n) is 14.1. The number of nitrogens with zero attached hydrogens (tertiary/aromatic N) is 2. The highest BCUT2D eigenvalue weighted by Gasteiger charge is 2.17. The fourth-order valence-electron chi connectivity index (χ4n) is 2.33. The number of hydrogen-bond donors (Lipinski definition) is 1. The fourth-order valence-corrected chi connectivity index (χ4v) is 2.33. The number of aryl methyl sites for hydroxylation is 2. The van der Waals surface area contributed by atoms with Gasteiger partial charge in [0.1, 0.15) is 11.9 Å². The van der Waals surface area contributed by atoms with Crippen LogP contribution in [0.1, 0.15) is 39.7 Å². The molecule has 0 saturated heterocycles. The minimum absolute atomic E-state index is 0.0273. The van der Waals surface area contributed by atoms with Crippen LogP contribution < -0.4 is 0 Å². The first-order valence-corrected chi connectivity index (χ1v) is 7.63. The van der Waals surface area contributed by atoms with Crippen molar-refractivity contribution in [2.24, 2.45) is 0 Å². The van der Waals surface area contributed by atoms with Gasteiger partial charge < -0.3 is 9.84 Å². The van der Waals surface area contributed by atoms with Crippen molar-refractivity contribution in [1.82, 2.24) is 4.98 Å². The average Bonchev–Trinajstić information content (AvgIpc) is 2.57. The number of carbonyl (C=O) groups excluding carboxylic acids is 1. The van der Waals surface area contributed by atoms with Crippen molar-refractivity contribution in [2.75, 3.05) is 6.61 Å². The molecule has 1 aromatic heterocycles. The Morgan fingerprint density at radius 1 is 1.28 bits per heavy atom. The number of aromatic hydroxyl groups is 1. The van der Waals surface area contributed by atoms with Crippen molar-refractivity contribution in [3.63, 3.8) is 0 Å². The van der Waals surface area contributed by atoms with Crippen LogP contribution >= 0.6 is 0 Å². The van der Waals surface area contributed by atoms with E-state index in [9.17, 15) is 20.0 Å². The summed E-state index contributed by atoms with van der Waals surface area (Å²) in [6, 6.07) is 4.72. The number of phenols is 1. The molecule has 0 radical (unpaired) electrons. The molecular formula is C18H18N2O5. The van der Waals surface area contributed by atoms with Gasteiger partial charge in [0.2, 0.25) is 0 Å². The van der Waals surface area contributed by atoms with Gasteiger partial charge in [-0.2, -0.15) is 0 Å². The van der Waals surface area contributed by atoms with Crippen LogP contribution in [-0.4, -0.2) is 27.6 Å². The standard InChI is InChI=1S/C18H18N2O5/c1-4-25-18(22)15-9-14(20(23)24)10-19-16(15)6-5-13-7-11(2)17(21)12(3)8-13/h5-10,21H,4H2,1-3H3/b6-5+. The van der Waals surface area contributed by atoms with E-state index in [1.807, 2.05) is 0 Å². The highest BCUT2D eigenvalue weighted by Crippen LogP contribution is 2.24. The molecule has 0 aliphatic heterocycles. The third kappa shape index (κ3) is 4.20. The number of rotatable bonds is 5. The molecule has 130 valence electrons. The molecule has 1 heterocycles. The molecule has 25 heavy (non-hydrogen) atoms. The molecule has 1 aromatic carbocycles. The summed E-state index contributed by atoms with van der Waals surface area (Å²) in [7, 11) is 0. The molecule has 0 aliphatic rings. The number of esters is 1. The Labute approximate surface area is 144 Å². The number of phenolic OH excluding ortho intramolecular Hbond substituents is 1. The number of carbonyl (C=O) groups is 1. The van der Waals surface area contributed by atoms with Crippen molar-refractivity contribution < 1.29 is 19.6 Å². The molecule has 0 spiro atoms. The Morgan fingerprint density at radius 2 is 1.92 bits per heavy atom. The Hall–Kier alpha value is -3.22. The van der Waals surface area contributed by atoms with E-state index in [4.69, 9.17) is 4.74 Å². The molecule has 0 bridgehead atoms. The number of ether oxygens (including phenoxy) is 1. The van der Waals surface area contributed by atoms with E-state index in [0.29, 0.717) is 0 Å². The Kier molecular flexibility index (Phi) is 5.49. The van der Waals surface area contributed by atoms with Gasteiger partial charge in [0, 0.05) is 6.07 Å². The third-order valence-corrected chi connectivity index (χ3v) is 3.56. The van der Waals surface area contributed by atoms with Crippen molar-refractivity contribution >= 4 is 23.8 Å². The molecule has 7 heteroatoms. The van der Waals surface area contributed by atoms with Crippen LogP contribution in [0.4, 0.5) is 5.69 Å². The predicted molar refractivity (Wildman–Crippen MR) is 93.4 cm³/mol. The fraction of sp³-hybridized carbons (Fsp3) is 0.222. The highest BCUT2D eigenvalue weighted by molar-refractivity contribution is 5.94. The molecule has 0 aliphatic carbocycles. The molecule has 0 amide bonds. The Bertz CT molecular complexity index is 836. The number of benzene rings is 1. The molecule has 0 saturated carbocycles. The Morgan fingerprint density at radius 3 is 2.48 bits per heavy atom. The summed E-state index contributed by atoms with van der Waals surface area (Å²) >= 11 is 0. The zero-order valence-corrected chi connectivity index (χ0v) is 14.1. The van der Waals surface area contributed by atoms with E-state index in [0.717, 1.165) is 29.0 Å². The van der Waals surface area contributed by atoms with Gasteiger partial charge in [0.05, 0.1) is 22.8 Å². The Balaban J connectivity index is 2.44. The van der Waals surface area contributed by atoms with Crippen molar-refractivity contribution in [3.8, 4) is 5.75 Å². The van der Waals surface area contributed by atoms with Crippen LogP contribution in [0.3, 0.4) is 0 Å². The van der Waals surface area contributed by atoms with Crippen molar-refractivity contribution in [3.05, 3.63) is 62.5 Å². The van der Waals surface area contributed by atoms with Crippen molar-refractivity contribution in [1.29, 1.82) is 0 Å². The van der Waals surface area contributed by atoms with Gasteiger partial charge in [-0.1, -0.05) is 6.08 Å². The number of pyridine rings is 1. The zero-order chi connectivity index (χ0) is 18.6. The summed E-state index contributed by atoms with van der Waals surface area (Å²) in [5.74, 6) is -0.436. The molecule has 0 unspecified atom stereocenters. The second-order valence-corrected chi connectivity index (χ2v) is 5.44. The van der Waals surface area contributed by atoms with Gasteiger partial charge in [0.15, 0.2) is 0 Å². The maximum Gasteiger partial charge on any atom is 0.340 e. The minimum Gasteiger partial charge on any atom is -0.507 e. The van der Waals surface area contributed by atoms with Gasteiger partial charge in [-0.3, -0.25) is 10.1 Å². The van der Waals surface area contributed by atoms with Crippen LogP contribution in [-0.2, 0) is 4.74 Å². The first-order valence-electron chi connectivity index (χ1n) is 7.63. The lowest BCUT2D eigenvalue weighted by molar-refractivity contribution is -0.385. The van der Waals surface area contributed by atoms with Crippen LogP contribution in [0.25, 0.3) is 12.2 Å². The second-order valence-electron chi connectivity index (χ2n) is 5.44. The van der Waals surface area contributed by atoms with Gasteiger partial charge in [-0.25, -0.2) is 9.78 Å². The number of aromatic nitrogens is 1. The second kappa shape index (κ2) is 7.57. The molecular weight excluding hydrogens is 324 g/mol. The summed E-state index contributed by atoms with van der Waals surface area (Å²) in [4.78, 5) is 26.3. The quantitative estimate of drug-likeness (QED) is 0.505. The highest BCUT2D eigenvalue weighted by atomic mass is 16.6. The first-order chi connectivity index (χ1) is 11.8. The molecule has 1 N–H and O–H groups in total. The smallest absolute Gasteiger partial charge is 0.340 e. The maximum absolute atomic E-state index is 12.1. The molecule has 0 atom stereocenters. The SMILES string of the molecule is CCOC(=O)c1cc([N+](=O)[O-])cnc1/C=C/c1cc(C)c(O)c(C)c1. The van der Waals surface area contributed by atoms with E-state index >= 15 is 0 Å². The van der Waals surface area contributed by atoms with E-state index in [2.05, 4.69) is 4.98 Å². The molecule has 0 fully saturated rings. The molecule has 2 rings (SSSR count). The molecule has 7 nitrogen and oxygen atoms in total.